The topological polar surface area (TPSA) is 39.5 Å². The molecule has 3 rings (SSSR count). The number of nitrogens with zero attached hydrogens (tertiary/aromatic N) is 3. The molecule has 0 radical (unpaired) electrons. The number of ether oxygens (including phenoxy) is 1. The van der Waals surface area contributed by atoms with E-state index >= 15 is 0 Å². The van der Waals surface area contributed by atoms with Crippen LogP contribution in [0.15, 0.2) is 36.4 Å². The molecule has 0 atom stereocenters. The zero-order chi connectivity index (χ0) is 16.1. The molecule has 0 spiro atoms. The SMILES string of the molecule is COc1ccc(CN2CCN(CCC#N)CC2)c2ccccc12. The van der Waals surface area contributed by atoms with E-state index in [0.717, 1.165) is 45.0 Å². The van der Waals surface area contributed by atoms with E-state index in [-0.39, 0.29) is 0 Å². The number of hydrogen-bond donors (Lipinski definition) is 0. The van der Waals surface area contributed by atoms with Crippen molar-refractivity contribution in [2.24, 2.45) is 0 Å². The molecule has 23 heavy (non-hydrogen) atoms. The van der Waals surface area contributed by atoms with Gasteiger partial charge in [0, 0.05) is 51.1 Å². The van der Waals surface area contributed by atoms with E-state index in [9.17, 15) is 0 Å². The number of rotatable bonds is 5. The summed E-state index contributed by atoms with van der Waals surface area (Å²) in [6.45, 7) is 6.09. The fourth-order valence-electron chi connectivity index (χ4n) is 3.27. The van der Waals surface area contributed by atoms with Crippen LogP contribution in [0.3, 0.4) is 0 Å². The van der Waals surface area contributed by atoms with Crippen molar-refractivity contribution in [2.75, 3.05) is 39.8 Å². The Bertz CT molecular complexity index is 699. The summed E-state index contributed by atoms with van der Waals surface area (Å²) in [4.78, 5) is 4.88. The maximum Gasteiger partial charge on any atom is 0.126 e. The molecule has 1 heterocycles. The summed E-state index contributed by atoms with van der Waals surface area (Å²) in [7, 11) is 1.72. The summed E-state index contributed by atoms with van der Waals surface area (Å²) in [5.41, 5.74) is 1.35. The van der Waals surface area contributed by atoms with Gasteiger partial charge in [-0.05, 0) is 17.0 Å². The Hall–Kier alpha value is -2.09. The second-order valence-corrected chi connectivity index (χ2v) is 6.00. The van der Waals surface area contributed by atoms with Crippen LogP contribution in [0.25, 0.3) is 10.8 Å². The Kier molecular flexibility index (Phi) is 5.12. The highest BCUT2D eigenvalue weighted by Gasteiger charge is 2.17. The van der Waals surface area contributed by atoms with E-state index < -0.39 is 0 Å². The number of piperazine rings is 1. The molecule has 1 saturated heterocycles. The van der Waals surface area contributed by atoms with Gasteiger partial charge in [0.2, 0.25) is 0 Å². The molecule has 4 nitrogen and oxygen atoms in total. The fraction of sp³-hybridized carbons (Fsp3) is 0.421. The molecule has 0 saturated carbocycles. The average molecular weight is 309 g/mol. The van der Waals surface area contributed by atoms with Crippen molar-refractivity contribution in [2.45, 2.75) is 13.0 Å². The van der Waals surface area contributed by atoms with E-state index in [0.29, 0.717) is 6.42 Å². The lowest BCUT2D eigenvalue weighted by atomic mass is 10.0. The lowest BCUT2D eigenvalue weighted by Crippen LogP contribution is -2.46. The average Bonchev–Trinajstić information content (AvgIpc) is 2.61. The van der Waals surface area contributed by atoms with Crippen LogP contribution in [0.1, 0.15) is 12.0 Å². The van der Waals surface area contributed by atoms with Gasteiger partial charge in [0.05, 0.1) is 13.2 Å². The maximum absolute atomic E-state index is 8.69. The van der Waals surface area contributed by atoms with Crippen LogP contribution in [0.2, 0.25) is 0 Å². The lowest BCUT2D eigenvalue weighted by Gasteiger charge is -2.34. The van der Waals surface area contributed by atoms with E-state index in [2.05, 4.69) is 52.3 Å². The molecule has 1 aliphatic rings. The van der Waals surface area contributed by atoms with Gasteiger partial charge >= 0.3 is 0 Å². The number of hydrogen-bond acceptors (Lipinski definition) is 4. The lowest BCUT2D eigenvalue weighted by molar-refractivity contribution is 0.129. The van der Waals surface area contributed by atoms with Crippen molar-refractivity contribution in [3.8, 4) is 11.8 Å². The first-order valence-corrected chi connectivity index (χ1v) is 8.18. The molecular formula is C19H23N3O. The molecule has 2 aromatic rings. The molecule has 1 fully saturated rings. The Balaban J connectivity index is 1.70. The minimum absolute atomic E-state index is 0.628. The van der Waals surface area contributed by atoms with Gasteiger partial charge in [0.1, 0.15) is 5.75 Å². The zero-order valence-electron chi connectivity index (χ0n) is 13.7. The number of methoxy groups -OCH3 is 1. The van der Waals surface area contributed by atoms with Gasteiger partial charge in [-0.25, -0.2) is 0 Å². The van der Waals surface area contributed by atoms with Crippen molar-refractivity contribution in [1.82, 2.24) is 9.80 Å². The Morgan fingerprint density at radius 1 is 1.00 bits per heavy atom. The largest absolute Gasteiger partial charge is 0.496 e. The standard InChI is InChI=1S/C19H23N3O/c1-23-19-8-7-16(17-5-2-3-6-18(17)19)15-22-13-11-21(12-14-22)10-4-9-20/h2-3,5-8H,4,10-15H2,1H3. The van der Waals surface area contributed by atoms with E-state index in [1.807, 2.05) is 0 Å². The van der Waals surface area contributed by atoms with E-state index in [4.69, 9.17) is 10.00 Å². The van der Waals surface area contributed by atoms with Crippen LogP contribution in [-0.2, 0) is 6.54 Å². The van der Waals surface area contributed by atoms with Crippen LogP contribution in [-0.4, -0.2) is 49.6 Å². The summed E-state index contributed by atoms with van der Waals surface area (Å²) in [6.07, 6.45) is 0.628. The monoisotopic (exact) mass is 309 g/mol. The van der Waals surface area contributed by atoms with Gasteiger partial charge < -0.3 is 4.74 Å². The first-order chi connectivity index (χ1) is 11.3. The normalized spacial score (nSPS) is 16.3. The molecule has 0 bridgehead atoms. The Morgan fingerprint density at radius 2 is 1.70 bits per heavy atom. The molecule has 0 aliphatic carbocycles. The molecule has 120 valence electrons. The van der Waals surface area contributed by atoms with Crippen LogP contribution >= 0.6 is 0 Å². The van der Waals surface area contributed by atoms with Gasteiger partial charge in [-0.1, -0.05) is 30.3 Å². The second-order valence-electron chi connectivity index (χ2n) is 6.00. The van der Waals surface area contributed by atoms with Gasteiger partial charge in [0.15, 0.2) is 0 Å². The summed E-state index contributed by atoms with van der Waals surface area (Å²) in [5, 5.41) is 11.1. The van der Waals surface area contributed by atoms with Gasteiger partial charge in [-0.3, -0.25) is 9.80 Å². The Morgan fingerprint density at radius 3 is 2.39 bits per heavy atom. The van der Waals surface area contributed by atoms with Crippen molar-refractivity contribution in [3.05, 3.63) is 42.0 Å². The summed E-state index contributed by atoms with van der Waals surface area (Å²) in [6, 6.07) is 14.9. The van der Waals surface area contributed by atoms with Crippen LogP contribution in [0.4, 0.5) is 0 Å². The minimum Gasteiger partial charge on any atom is -0.496 e. The second kappa shape index (κ2) is 7.45. The molecule has 0 N–H and O–H groups in total. The van der Waals surface area contributed by atoms with Crippen LogP contribution < -0.4 is 4.74 Å². The molecule has 1 aliphatic heterocycles. The first kappa shape index (κ1) is 15.8. The number of benzene rings is 2. The van der Waals surface area contributed by atoms with E-state index in [1.54, 1.807) is 7.11 Å². The predicted octanol–water partition coefficient (Wildman–Crippen LogP) is 2.88. The van der Waals surface area contributed by atoms with Crippen molar-refractivity contribution in [3.63, 3.8) is 0 Å². The highest BCUT2D eigenvalue weighted by atomic mass is 16.5. The van der Waals surface area contributed by atoms with Gasteiger partial charge in [-0.15, -0.1) is 0 Å². The van der Waals surface area contributed by atoms with E-state index in [1.165, 1.54) is 16.3 Å². The third-order valence-electron chi connectivity index (χ3n) is 4.59. The fourth-order valence-corrected chi connectivity index (χ4v) is 3.27. The summed E-state index contributed by atoms with van der Waals surface area (Å²) < 4.78 is 5.48. The number of fused-ring (bicyclic) bond motifs is 1. The van der Waals surface area contributed by atoms with Crippen LogP contribution in [0.5, 0.6) is 5.75 Å². The molecular weight excluding hydrogens is 286 g/mol. The smallest absolute Gasteiger partial charge is 0.126 e. The Labute approximate surface area is 137 Å². The molecule has 0 amide bonds. The summed E-state index contributed by atoms with van der Waals surface area (Å²) >= 11 is 0. The summed E-state index contributed by atoms with van der Waals surface area (Å²) in [5.74, 6) is 0.936. The highest BCUT2D eigenvalue weighted by molar-refractivity contribution is 5.91. The predicted molar refractivity (Wildman–Crippen MR) is 92.4 cm³/mol. The van der Waals surface area contributed by atoms with Gasteiger partial charge in [0.25, 0.3) is 0 Å². The minimum atomic E-state index is 0.628. The molecule has 0 unspecified atom stereocenters. The molecule has 0 aromatic heterocycles. The van der Waals surface area contributed by atoms with Crippen molar-refractivity contribution >= 4 is 10.8 Å². The maximum atomic E-state index is 8.69. The third kappa shape index (κ3) is 3.64. The number of nitriles is 1. The first-order valence-electron chi connectivity index (χ1n) is 8.18. The quantitative estimate of drug-likeness (QED) is 0.851. The third-order valence-corrected chi connectivity index (χ3v) is 4.59. The highest BCUT2D eigenvalue weighted by Crippen LogP contribution is 2.29. The molecule has 4 heteroatoms. The zero-order valence-corrected chi connectivity index (χ0v) is 13.7. The van der Waals surface area contributed by atoms with Crippen LogP contribution in [0, 0.1) is 11.3 Å². The van der Waals surface area contributed by atoms with Gasteiger partial charge in [-0.2, -0.15) is 5.26 Å². The van der Waals surface area contributed by atoms with Crippen molar-refractivity contribution < 1.29 is 4.74 Å². The van der Waals surface area contributed by atoms with Crippen molar-refractivity contribution in [1.29, 1.82) is 5.26 Å². The molecule has 2 aromatic carbocycles.